The van der Waals surface area contributed by atoms with Crippen LogP contribution in [0.25, 0.3) is 30.3 Å². The van der Waals surface area contributed by atoms with Gasteiger partial charge >= 0.3 is 0 Å². The molecule has 0 aliphatic carbocycles. The van der Waals surface area contributed by atoms with Crippen LogP contribution in [0.1, 0.15) is 79.0 Å². The molecule has 0 atom stereocenters. The monoisotopic (exact) mass is 947 g/mol. The van der Waals surface area contributed by atoms with Crippen molar-refractivity contribution in [2.75, 3.05) is 14.7 Å². The van der Waals surface area contributed by atoms with Gasteiger partial charge in [0.25, 0.3) is 6.71 Å². The van der Waals surface area contributed by atoms with E-state index >= 15 is 0 Å². The molecule has 10 aromatic rings. The highest BCUT2D eigenvalue weighted by molar-refractivity contribution is 7.99. The number of anilines is 9. The summed E-state index contributed by atoms with van der Waals surface area (Å²) in [5.74, 6) is 0. The molecule has 0 radical (unpaired) electrons. The van der Waals surface area contributed by atoms with E-state index in [1.807, 2.05) is 34.4 Å². The van der Waals surface area contributed by atoms with Crippen LogP contribution in [0.4, 0.5) is 51.2 Å². The summed E-state index contributed by atoms with van der Waals surface area (Å²) >= 11 is 5.79. The zero-order chi connectivity index (χ0) is 47.3. The summed E-state index contributed by atoms with van der Waals surface area (Å²) < 4.78 is 5.33. The van der Waals surface area contributed by atoms with Crippen LogP contribution in [0.3, 0.4) is 0 Å². The first-order valence-electron chi connectivity index (χ1n) is 24.3. The summed E-state index contributed by atoms with van der Waals surface area (Å²) in [4.78, 5) is 10.2. The molecule has 0 fully saturated rings. The fraction of sp³-hybridized carbons (Fsp3) is 0.194. The number of rotatable bonds is 2. The van der Waals surface area contributed by atoms with Gasteiger partial charge in [0.15, 0.2) is 0 Å². The van der Waals surface area contributed by atoms with Crippen LogP contribution in [0.5, 0.6) is 0 Å². The van der Waals surface area contributed by atoms with Gasteiger partial charge in [0.2, 0.25) is 0 Å². The fourth-order valence-corrected chi connectivity index (χ4v) is 14.7. The molecule has 3 aliphatic heterocycles. The van der Waals surface area contributed by atoms with Crippen LogP contribution >= 0.6 is 34.4 Å². The van der Waals surface area contributed by atoms with Crippen molar-refractivity contribution in [1.82, 2.24) is 0 Å². The molecule has 0 spiro atoms. The molecule has 2 bridgehead atoms. The van der Waals surface area contributed by atoms with Crippen LogP contribution in [-0.2, 0) is 16.2 Å². The average Bonchev–Trinajstić information content (AvgIpc) is 3.90. The Hall–Kier alpha value is -6.25. The molecular formula is C62H54BN3S3. The standard InChI is InChI=1S/C62H54BN3S3/c1-60(2,3)37-21-26-40(27-22-37)64-42-30-32-46-50(36-42)66(57-54(67-53-20-13-11-16-47(53)64)34-31-44-43-15-10-12-19-51(43)68-58(44)57)49-18-14-17-48-55(49)63(46)59-56(45-35-39(62(7,8)9)25-33-52(45)69-59)65(48)41-28-23-38(24-29-41)61(4,5)6/h10-36H,1-9H3. The third kappa shape index (κ3) is 6.60. The molecule has 8 aromatic carbocycles. The van der Waals surface area contributed by atoms with Crippen molar-refractivity contribution in [3.05, 3.63) is 180 Å². The van der Waals surface area contributed by atoms with Gasteiger partial charge < -0.3 is 14.7 Å². The zero-order valence-corrected chi connectivity index (χ0v) is 43.2. The minimum atomic E-state index is 0.00214. The Bertz CT molecular complexity index is 3730. The SMILES string of the molecule is CC(C)(C)c1ccc(N2c3ccc4c(c3)N(c3cccc5c3B4c3sc4ccc(C(C)(C)C)cc4c3N5c3ccc(C(C)(C)C)cc3)c3c(ccc4c3sc3ccccc34)Sc3ccccc32)cc1. The molecule has 2 aromatic heterocycles. The van der Waals surface area contributed by atoms with E-state index in [1.165, 1.54) is 112 Å². The van der Waals surface area contributed by atoms with E-state index in [-0.39, 0.29) is 23.0 Å². The summed E-state index contributed by atoms with van der Waals surface area (Å²) in [5, 5.41) is 3.93. The molecule has 3 aliphatic rings. The molecule has 0 N–H and O–H groups in total. The number of thiophene rings is 2. The summed E-state index contributed by atoms with van der Waals surface area (Å²) in [7, 11) is 0. The Balaban J connectivity index is 1.14. The molecule has 5 heterocycles. The largest absolute Gasteiger partial charge is 0.310 e. The van der Waals surface area contributed by atoms with Gasteiger partial charge in [0.05, 0.1) is 21.8 Å². The molecule has 0 unspecified atom stereocenters. The predicted octanol–water partition coefficient (Wildman–Crippen LogP) is 17.2. The van der Waals surface area contributed by atoms with Crippen molar-refractivity contribution >= 4 is 138 Å². The van der Waals surface area contributed by atoms with Crippen LogP contribution in [0, 0.1) is 0 Å². The molecule has 338 valence electrons. The normalized spacial score (nSPS) is 14.3. The Morgan fingerprint density at radius 3 is 1.70 bits per heavy atom. The third-order valence-corrected chi connectivity index (χ3v) is 18.2. The summed E-state index contributed by atoms with van der Waals surface area (Å²) in [5.41, 5.74) is 17.7. The van der Waals surface area contributed by atoms with Crippen molar-refractivity contribution in [3.63, 3.8) is 0 Å². The lowest BCUT2D eigenvalue weighted by Gasteiger charge is -2.44. The second-order valence-corrected chi connectivity index (χ2v) is 25.4. The minimum Gasteiger partial charge on any atom is -0.310 e. The number of fused-ring (bicyclic) bond motifs is 14. The highest BCUT2D eigenvalue weighted by Gasteiger charge is 2.46. The van der Waals surface area contributed by atoms with E-state index in [9.17, 15) is 0 Å². The van der Waals surface area contributed by atoms with Gasteiger partial charge in [-0.3, -0.25) is 0 Å². The van der Waals surface area contributed by atoms with Gasteiger partial charge in [-0.1, -0.05) is 153 Å². The van der Waals surface area contributed by atoms with E-state index in [0.29, 0.717) is 0 Å². The van der Waals surface area contributed by atoms with Gasteiger partial charge in [-0.2, -0.15) is 0 Å². The lowest BCUT2D eigenvalue weighted by molar-refractivity contribution is 0.590. The maximum Gasteiger partial charge on any atom is 0.264 e. The maximum atomic E-state index is 2.67. The number of nitrogens with zero attached hydrogens (tertiary/aromatic N) is 3. The topological polar surface area (TPSA) is 9.72 Å². The third-order valence-electron chi connectivity index (χ3n) is 14.7. The highest BCUT2D eigenvalue weighted by atomic mass is 32.2. The first kappa shape index (κ1) is 42.8. The second kappa shape index (κ2) is 15.1. The molecule has 7 heteroatoms. The smallest absolute Gasteiger partial charge is 0.264 e. The Morgan fingerprint density at radius 1 is 0.391 bits per heavy atom. The maximum absolute atomic E-state index is 2.67. The number of hydrogen-bond donors (Lipinski definition) is 0. The molecule has 0 amide bonds. The van der Waals surface area contributed by atoms with Crippen molar-refractivity contribution < 1.29 is 0 Å². The quantitative estimate of drug-likeness (QED) is 0.160. The molecular weight excluding hydrogens is 894 g/mol. The second-order valence-electron chi connectivity index (χ2n) is 22.2. The van der Waals surface area contributed by atoms with E-state index < -0.39 is 0 Å². The van der Waals surface area contributed by atoms with E-state index in [2.05, 4.69) is 241 Å². The van der Waals surface area contributed by atoms with Gasteiger partial charge in [0.1, 0.15) is 0 Å². The Labute approximate surface area is 419 Å². The lowest BCUT2D eigenvalue weighted by atomic mass is 9.36. The zero-order valence-electron chi connectivity index (χ0n) is 40.7. The first-order chi connectivity index (χ1) is 33.1. The molecule has 0 saturated heterocycles. The average molecular weight is 948 g/mol. The minimum absolute atomic E-state index is 0.00214. The van der Waals surface area contributed by atoms with Crippen LogP contribution in [0.15, 0.2) is 174 Å². The van der Waals surface area contributed by atoms with Crippen molar-refractivity contribution in [1.29, 1.82) is 0 Å². The summed E-state index contributed by atoms with van der Waals surface area (Å²) in [6, 6.07) is 63.1. The summed E-state index contributed by atoms with van der Waals surface area (Å²) in [6.07, 6.45) is 0. The molecule has 3 nitrogen and oxygen atoms in total. The lowest BCUT2D eigenvalue weighted by Crippen LogP contribution is -2.60. The predicted molar refractivity (Wildman–Crippen MR) is 304 cm³/mol. The van der Waals surface area contributed by atoms with Gasteiger partial charge in [-0.15, -0.1) is 22.7 Å². The number of benzene rings is 8. The highest BCUT2D eigenvalue weighted by Crippen LogP contribution is 2.56. The molecule has 13 rings (SSSR count). The Morgan fingerprint density at radius 2 is 0.986 bits per heavy atom. The van der Waals surface area contributed by atoms with Gasteiger partial charge in [0, 0.05) is 74.3 Å². The van der Waals surface area contributed by atoms with Crippen LogP contribution in [-0.4, -0.2) is 6.71 Å². The number of hydrogen-bond acceptors (Lipinski definition) is 6. The van der Waals surface area contributed by atoms with E-state index in [4.69, 9.17) is 0 Å². The van der Waals surface area contributed by atoms with Crippen molar-refractivity contribution in [3.8, 4) is 0 Å². The van der Waals surface area contributed by atoms with Crippen LogP contribution < -0.4 is 30.4 Å². The van der Waals surface area contributed by atoms with Gasteiger partial charge in [-0.25, -0.2) is 0 Å². The number of para-hydroxylation sites is 1. The van der Waals surface area contributed by atoms with Crippen molar-refractivity contribution in [2.24, 2.45) is 0 Å². The van der Waals surface area contributed by atoms with E-state index in [1.54, 1.807) is 0 Å². The first-order valence-corrected chi connectivity index (χ1v) is 26.7. The Kier molecular flexibility index (Phi) is 9.39. The van der Waals surface area contributed by atoms with Crippen molar-refractivity contribution in [2.45, 2.75) is 88.3 Å². The van der Waals surface area contributed by atoms with Gasteiger partial charge in [-0.05, 0) is 129 Å². The fourth-order valence-electron chi connectivity index (χ4n) is 11.1. The molecule has 69 heavy (non-hydrogen) atoms. The van der Waals surface area contributed by atoms with E-state index in [0.717, 1.165) is 11.4 Å². The van der Waals surface area contributed by atoms with Crippen LogP contribution in [0.2, 0.25) is 0 Å². The molecule has 0 saturated carbocycles. The summed E-state index contributed by atoms with van der Waals surface area (Å²) in [6.45, 7) is 20.8.